The average Bonchev–Trinajstić information content (AvgIpc) is 2.15. The van der Waals surface area contributed by atoms with Crippen molar-refractivity contribution < 1.29 is 18.3 Å². The van der Waals surface area contributed by atoms with Crippen molar-refractivity contribution in [3.05, 3.63) is 35.4 Å². The number of aliphatic imine (C=N–C) groups is 1. The molecule has 0 aromatic heterocycles. The van der Waals surface area contributed by atoms with Gasteiger partial charge in [0.1, 0.15) is 17.7 Å². The topological polar surface area (TPSA) is 38.7 Å². The SMILES string of the molecule is C[C@@H]1CN=C(c2cc(F)cc(F)c2)C(=O)O1. The molecule has 0 amide bonds. The molecule has 1 atom stereocenters. The molecule has 16 heavy (non-hydrogen) atoms. The van der Waals surface area contributed by atoms with Gasteiger partial charge in [-0.05, 0) is 19.1 Å². The highest BCUT2D eigenvalue weighted by Gasteiger charge is 2.23. The van der Waals surface area contributed by atoms with E-state index in [0.29, 0.717) is 6.54 Å². The van der Waals surface area contributed by atoms with E-state index in [1.165, 1.54) is 0 Å². The quantitative estimate of drug-likeness (QED) is 0.682. The molecule has 0 bridgehead atoms. The Bertz CT molecular complexity index is 451. The van der Waals surface area contributed by atoms with Crippen molar-refractivity contribution >= 4 is 11.7 Å². The van der Waals surface area contributed by atoms with Gasteiger partial charge in [0.05, 0.1) is 6.54 Å². The van der Waals surface area contributed by atoms with Gasteiger partial charge in [0.15, 0.2) is 5.71 Å². The number of carbonyl (C=O) groups excluding carboxylic acids is 1. The van der Waals surface area contributed by atoms with Crippen LogP contribution in [0.4, 0.5) is 8.78 Å². The molecule has 0 spiro atoms. The number of hydrogen-bond acceptors (Lipinski definition) is 3. The normalized spacial score (nSPS) is 20.3. The van der Waals surface area contributed by atoms with Crippen LogP contribution in [0.2, 0.25) is 0 Å². The minimum Gasteiger partial charge on any atom is -0.456 e. The van der Waals surface area contributed by atoms with Crippen LogP contribution in [0.15, 0.2) is 23.2 Å². The first-order valence-electron chi connectivity index (χ1n) is 4.78. The summed E-state index contributed by atoms with van der Waals surface area (Å²) in [7, 11) is 0. The highest BCUT2D eigenvalue weighted by Crippen LogP contribution is 2.13. The number of halogens is 2. The van der Waals surface area contributed by atoms with E-state index in [-0.39, 0.29) is 17.4 Å². The van der Waals surface area contributed by atoms with Crippen LogP contribution in [0.5, 0.6) is 0 Å². The Morgan fingerprint density at radius 1 is 1.31 bits per heavy atom. The molecule has 84 valence electrons. The molecular weight excluding hydrogens is 216 g/mol. The number of cyclic esters (lactones) is 1. The molecular formula is C11H9F2NO2. The molecule has 1 aromatic rings. The molecule has 0 saturated heterocycles. The highest BCUT2D eigenvalue weighted by molar-refractivity contribution is 6.43. The maximum Gasteiger partial charge on any atom is 0.357 e. The molecule has 0 saturated carbocycles. The van der Waals surface area contributed by atoms with Crippen LogP contribution in [0.25, 0.3) is 0 Å². The van der Waals surface area contributed by atoms with E-state index < -0.39 is 17.6 Å². The van der Waals surface area contributed by atoms with Crippen LogP contribution in [0.1, 0.15) is 12.5 Å². The molecule has 0 radical (unpaired) electrons. The lowest BCUT2D eigenvalue weighted by Gasteiger charge is -2.18. The maximum absolute atomic E-state index is 12.9. The fourth-order valence-electron chi connectivity index (χ4n) is 1.46. The molecule has 5 heteroatoms. The third-order valence-corrected chi connectivity index (χ3v) is 2.14. The Hall–Kier alpha value is -1.78. The van der Waals surface area contributed by atoms with Crippen LogP contribution in [-0.4, -0.2) is 24.3 Å². The Morgan fingerprint density at radius 3 is 2.50 bits per heavy atom. The molecule has 1 aliphatic heterocycles. The summed E-state index contributed by atoms with van der Waals surface area (Å²) >= 11 is 0. The van der Waals surface area contributed by atoms with Crippen molar-refractivity contribution in [2.24, 2.45) is 4.99 Å². The van der Waals surface area contributed by atoms with Gasteiger partial charge in [-0.2, -0.15) is 0 Å². The number of hydrogen-bond donors (Lipinski definition) is 0. The standard InChI is InChI=1S/C11H9F2NO2/c1-6-5-14-10(11(15)16-6)7-2-8(12)4-9(13)3-7/h2-4,6H,5H2,1H3/t6-/m1/s1. The van der Waals surface area contributed by atoms with Crippen molar-refractivity contribution in [1.29, 1.82) is 0 Å². The number of nitrogens with zero attached hydrogens (tertiary/aromatic N) is 1. The first kappa shape index (κ1) is 10.7. The summed E-state index contributed by atoms with van der Waals surface area (Å²) in [5.41, 5.74) is 0.0749. The Balaban J connectivity index is 2.40. The molecule has 2 rings (SSSR count). The zero-order valence-corrected chi connectivity index (χ0v) is 8.54. The number of carbonyl (C=O) groups is 1. The van der Waals surface area contributed by atoms with E-state index in [9.17, 15) is 13.6 Å². The van der Waals surface area contributed by atoms with Crippen molar-refractivity contribution in [2.45, 2.75) is 13.0 Å². The molecule has 1 heterocycles. The molecule has 3 nitrogen and oxygen atoms in total. The molecule has 0 N–H and O–H groups in total. The number of rotatable bonds is 1. The van der Waals surface area contributed by atoms with Gasteiger partial charge in [-0.3, -0.25) is 4.99 Å². The van der Waals surface area contributed by atoms with Gasteiger partial charge in [0.2, 0.25) is 0 Å². The summed E-state index contributed by atoms with van der Waals surface area (Å²) in [6.45, 7) is 2.00. The van der Waals surface area contributed by atoms with E-state index in [2.05, 4.69) is 4.99 Å². The summed E-state index contributed by atoms with van der Waals surface area (Å²) in [5.74, 6) is -2.14. The van der Waals surface area contributed by atoms with Gasteiger partial charge in [0.25, 0.3) is 0 Å². The predicted molar refractivity (Wildman–Crippen MR) is 53.3 cm³/mol. The Kier molecular flexibility index (Phi) is 2.68. The largest absolute Gasteiger partial charge is 0.456 e. The van der Waals surface area contributed by atoms with Crippen LogP contribution in [0, 0.1) is 11.6 Å². The van der Waals surface area contributed by atoms with Crippen LogP contribution in [-0.2, 0) is 9.53 Å². The molecule has 1 aromatic carbocycles. The van der Waals surface area contributed by atoms with Crippen LogP contribution < -0.4 is 0 Å². The first-order valence-corrected chi connectivity index (χ1v) is 4.78. The second-order valence-electron chi connectivity index (χ2n) is 3.56. The van der Waals surface area contributed by atoms with E-state index in [1.807, 2.05) is 0 Å². The average molecular weight is 225 g/mol. The molecule has 0 aliphatic carbocycles. The van der Waals surface area contributed by atoms with E-state index in [0.717, 1.165) is 18.2 Å². The predicted octanol–water partition coefficient (Wildman–Crippen LogP) is 1.70. The fourth-order valence-corrected chi connectivity index (χ4v) is 1.46. The van der Waals surface area contributed by atoms with Crippen molar-refractivity contribution in [3.8, 4) is 0 Å². The summed E-state index contributed by atoms with van der Waals surface area (Å²) in [4.78, 5) is 15.4. The zero-order valence-electron chi connectivity index (χ0n) is 8.54. The van der Waals surface area contributed by atoms with Gasteiger partial charge in [-0.1, -0.05) is 0 Å². The van der Waals surface area contributed by atoms with Crippen LogP contribution >= 0.6 is 0 Å². The van der Waals surface area contributed by atoms with Crippen molar-refractivity contribution in [1.82, 2.24) is 0 Å². The molecule has 1 aliphatic rings. The fraction of sp³-hybridized carbons (Fsp3) is 0.273. The lowest BCUT2D eigenvalue weighted by Crippen LogP contribution is -2.31. The summed E-state index contributed by atoms with van der Waals surface area (Å²) < 4.78 is 30.8. The van der Waals surface area contributed by atoms with Crippen molar-refractivity contribution in [2.75, 3.05) is 6.54 Å². The lowest BCUT2D eigenvalue weighted by molar-refractivity contribution is -0.140. The highest BCUT2D eigenvalue weighted by atomic mass is 19.1. The third kappa shape index (κ3) is 2.08. The summed E-state index contributed by atoms with van der Waals surface area (Å²) in [5, 5.41) is 0. The monoisotopic (exact) mass is 225 g/mol. The maximum atomic E-state index is 12.9. The van der Waals surface area contributed by atoms with Gasteiger partial charge in [-0.15, -0.1) is 0 Å². The smallest absolute Gasteiger partial charge is 0.357 e. The Morgan fingerprint density at radius 2 is 1.94 bits per heavy atom. The van der Waals surface area contributed by atoms with Crippen molar-refractivity contribution in [3.63, 3.8) is 0 Å². The third-order valence-electron chi connectivity index (χ3n) is 2.14. The van der Waals surface area contributed by atoms with E-state index in [4.69, 9.17) is 4.74 Å². The molecule has 0 fully saturated rings. The first-order chi connectivity index (χ1) is 7.56. The van der Waals surface area contributed by atoms with Gasteiger partial charge >= 0.3 is 5.97 Å². The second kappa shape index (κ2) is 4.00. The van der Waals surface area contributed by atoms with E-state index in [1.54, 1.807) is 6.92 Å². The lowest BCUT2D eigenvalue weighted by atomic mass is 10.1. The second-order valence-corrected chi connectivity index (χ2v) is 3.56. The molecule has 0 unspecified atom stereocenters. The van der Waals surface area contributed by atoms with Gasteiger partial charge in [0, 0.05) is 11.6 Å². The minimum atomic E-state index is -0.746. The minimum absolute atomic E-state index is 0.0310. The van der Waals surface area contributed by atoms with Gasteiger partial charge < -0.3 is 4.74 Å². The number of esters is 1. The Labute approximate surface area is 90.8 Å². The number of ether oxygens (including phenoxy) is 1. The number of benzene rings is 1. The van der Waals surface area contributed by atoms with E-state index >= 15 is 0 Å². The van der Waals surface area contributed by atoms with Crippen LogP contribution in [0.3, 0.4) is 0 Å². The summed E-state index contributed by atoms with van der Waals surface area (Å²) in [6.07, 6.45) is -0.297. The zero-order chi connectivity index (χ0) is 11.7. The van der Waals surface area contributed by atoms with Gasteiger partial charge in [-0.25, -0.2) is 13.6 Å². The summed E-state index contributed by atoms with van der Waals surface area (Å²) in [6, 6.07) is 2.85.